The molecule has 1 heterocycles. The lowest BCUT2D eigenvalue weighted by molar-refractivity contribution is -0.119. The summed E-state index contributed by atoms with van der Waals surface area (Å²) in [6.45, 7) is 7.50. The lowest BCUT2D eigenvalue weighted by atomic mass is 10.0. The highest BCUT2D eigenvalue weighted by Crippen LogP contribution is 2.17. The van der Waals surface area contributed by atoms with Crippen molar-refractivity contribution in [3.05, 3.63) is 0 Å². The van der Waals surface area contributed by atoms with E-state index in [1.807, 2.05) is 18.7 Å². The number of nitrogens with two attached hydrogens (primary N) is 1. The maximum Gasteiger partial charge on any atom is 0.320 e. The highest BCUT2D eigenvalue weighted by molar-refractivity contribution is 5.83. The zero-order valence-corrected chi connectivity index (χ0v) is 11.0. The van der Waals surface area contributed by atoms with Gasteiger partial charge in [-0.1, -0.05) is 6.92 Å². The van der Waals surface area contributed by atoms with Crippen LogP contribution in [-0.2, 0) is 4.79 Å². The maximum atomic E-state index is 12.3. The van der Waals surface area contributed by atoms with Gasteiger partial charge >= 0.3 is 6.03 Å². The molecule has 1 rings (SSSR count). The fraction of sp³-hybridized carbons (Fsp3) is 0.833. The summed E-state index contributed by atoms with van der Waals surface area (Å²) in [5.74, 6) is 0.0763. The monoisotopic (exact) mass is 241 g/mol. The second-order valence-corrected chi connectivity index (χ2v) is 5.16. The minimum absolute atomic E-state index is 0.00137. The predicted molar refractivity (Wildman–Crippen MR) is 66.4 cm³/mol. The van der Waals surface area contributed by atoms with Crippen LogP contribution in [0.1, 0.15) is 33.6 Å². The number of hydrogen-bond donors (Lipinski definition) is 1. The molecule has 0 aromatic carbocycles. The summed E-state index contributed by atoms with van der Waals surface area (Å²) >= 11 is 0. The van der Waals surface area contributed by atoms with Crippen molar-refractivity contribution in [3.8, 4) is 0 Å². The van der Waals surface area contributed by atoms with Crippen molar-refractivity contribution in [1.82, 2.24) is 9.80 Å². The molecule has 3 amide bonds. The van der Waals surface area contributed by atoms with Gasteiger partial charge in [0.1, 0.15) is 6.54 Å². The van der Waals surface area contributed by atoms with Gasteiger partial charge in [0.2, 0.25) is 5.91 Å². The van der Waals surface area contributed by atoms with Crippen molar-refractivity contribution in [2.75, 3.05) is 19.6 Å². The van der Waals surface area contributed by atoms with Crippen LogP contribution in [0.25, 0.3) is 0 Å². The molecule has 0 bridgehead atoms. The molecule has 5 heteroatoms. The maximum absolute atomic E-state index is 12.3. The Morgan fingerprint density at radius 1 is 1.47 bits per heavy atom. The van der Waals surface area contributed by atoms with Gasteiger partial charge in [-0.25, -0.2) is 4.79 Å². The molecule has 1 unspecified atom stereocenters. The van der Waals surface area contributed by atoms with Crippen molar-refractivity contribution in [2.24, 2.45) is 11.7 Å². The van der Waals surface area contributed by atoms with Crippen LogP contribution in [-0.4, -0.2) is 47.4 Å². The minimum atomic E-state index is -0.461. The van der Waals surface area contributed by atoms with E-state index in [0.29, 0.717) is 5.92 Å². The first-order valence-electron chi connectivity index (χ1n) is 6.25. The Hall–Kier alpha value is -1.26. The molecule has 1 saturated heterocycles. The second-order valence-electron chi connectivity index (χ2n) is 5.16. The van der Waals surface area contributed by atoms with E-state index in [1.54, 1.807) is 4.90 Å². The van der Waals surface area contributed by atoms with Crippen LogP contribution < -0.4 is 5.73 Å². The standard InChI is InChI=1S/C12H23N3O2/c1-9(2)15(8-11(13)16)12(17)14-6-4-5-10(3)7-14/h9-10H,4-8H2,1-3H3,(H2,13,16). The number of carbonyl (C=O) groups is 2. The first-order valence-corrected chi connectivity index (χ1v) is 6.25. The molecule has 98 valence electrons. The zero-order chi connectivity index (χ0) is 13.0. The number of urea groups is 1. The largest absolute Gasteiger partial charge is 0.368 e. The summed E-state index contributed by atoms with van der Waals surface area (Å²) in [7, 11) is 0. The lowest BCUT2D eigenvalue weighted by Gasteiger charge is -2.36. The molecule has 1 aliphatic heterocycles. The van der Waals surface area contributed by atoms with Crippen molar-refractivity contribution >= 4 is 11.9 Å². The molecule has 17 heavy (non-hydrogen) atoms. The van der Waals surface area contributed by atoms with Gasteiger partial charge in [0, 0.05) is 19.1 Å². The van der Waals surface area contributed by atoms with Crippen molar-refractivity contribution in [3.63, 3.8) is 0 Å². The summed E-state index contributed by atoms with van der Waals surface area (Å²) in [4.78, 5) is 26.6. The molecule has 0 aliphatic carbocycles. The number of primary amides is 1. The Morgan fingerprint density at radius 2 is 2.12 bits per heavy atom. The number of amides is 3. The fourth-order valence-corrected chi connectivity index (χ4v) is 2.18. The number of nitrogens with zero attached hydrogens (tertiary/aromatic N) is 2. The molecule has 1 atom stereocenters. The third-order valence-electron chi connectivity index (χ3n) is 3.12. The van der Waals surface area contributed by atoms with E-state index in [2.05, 4.69) is 6.92 Å². The summed E-state index contributed by atoms with van der Waals surface area (Å²) in [6.07, 6.45) is 2.21. The number of likely N-dealkylation sites (tertiary alicyclic amines) is 1. The quantitative estimate of drug-likeness (QED) is 0.802. The van der Waals surface area contributed by atoms with Crippen LogP contribution in [0, 0.1) is 5.92 Å². The SMILES string of the molecule is CC1CCCN(C(=O)N(CC(N)=O)C(C)C)C1. The molecule has 0 saturated carbocycles. The first-order chi connectivity index (χ1) is 7.91. The Kier molecular flexibility index (Phi) is 4.78. The Labute approximate surface area is 103 Å². The van der Waals surface area contributed by atoms with Gasteiger partial charge in [-0.15, -0.1) is 0 Å². The van der Waals surface area contributed by atoms with Gasteiger partial charge in [0.15, 0.2) is 0 Å². The molecule has 5 nitrogen and oxygen atoms in total. The number of piperidine rings is 1. The van der Waals surface area contributed by atoms with Crippen LogP contribution in [0.2, 0.25) is 0 Å². The molecule has 0 aromatic heterocycles. The summed E-state index contributed by atoms with van der Waals surface area (Å²) in [5.41, 5.74) is 5.17. The van der Waals surface area contributed by atoms with Crippen LogP contribution in [0.15, 0.2) is 0 Å². The Bertz CT molecular complexity index is 291. The second kappa shape index (κ2) is 5.89. The van der Waals surface area contributed by atoms with Crippen LogP contribution in [0.4, 0.5) is 4.79 Å². The normalized spacial score (nSPS) is 20.5. The van der Waals surface area contributed by atoms with E-state index in [0.717, 1.165) is 19.5 Å². The number of carbonyl (C=O) groups excluding carboxylic acids is 2. The summed E-state index contributed by atoms with van der Waals surface area (Å²) < 4.78 is 0. The Balaban J connectivity index is 2.66. The minimum Gasteiger partial charge on any atom is -0.368 e. The third kappa shape index (κ3) is 3.91. The number of rotatable bonds is 3. The van der Waals surface area contributed by atoms with Gasteiger partial charge < -0.3 is 15.5 Å². The van der Waals surface area contributed by atoms with E-state index in [4.69, 9.17) is 5.73 Å². The van der Waals surface area contributed by atoms with E-state index >= 15 is 0 Å². The molecule has 0 spiro atoms. The highest BCUT2D eigenvalue weighted by atomic mass is 16.2. The molecule has 0 radical (unpaired) electrons. The molecule has 1 fully saturated rings. The molecular weight excluding hydrogens is 218 g/mol. The van der Waals surface area contributed by atoms with Crippen molar-refractivity contribution in [1.29, 1.82) is 0 Å². The average Bonchev–Trinajstić information content (AvgIpc) is 2.24. The van der Waals surface area contributed by atoms with E-state index in [9.17, 15) is 9.59 Å². The van der Waals surface area contributed by atoms with Gasteiger partial charge in [-0.05, 0) is 32.6 Å². The van der Waals surface area contributed by atoms with Crippen LogP contribution in [0.5, 0.6) is 0 Å². The van der Waals surface area contributed by atoms with E-state index in [-0.39, 0.29) is 18.6 Å². The zero-order valence-electron chi connectivity index (χ0n) is 11.0. The predicted octanol–water partition coefficient (Wildman–Crippen LogP) is 1.03. The highest BCUT2D eigenvalue weighted by Gasteiger charge is 2.27. The van der Waals surface area contributed by atoms with E-state index in [1.165, 1.54) is 6.42 Å². The first kappa shape index (κ1) is 13.8. The van der Waals surface area contributed by atoms with Crippen LogP contribution in [0.3, 0.4) is 0 Å². The topological polar surface area (TPSA) is 66.6 Å². The third-order valence-corrected chi connectivity index (χ3v) is 3.12. The summed E-state index contributed by atoms with van der Waals surface area (Å²) in [5, 5.41) is 0. The fourth-order valence-electron chi connectivity index (χ4n) is 2.18. The van der Waals surface area contributed by atoms with Gasteiger partial charge in [0.25, 0.3) is 0 Å². The van der Waals surface area contributed by atoms with Gasteiger partial charge in [-0.2, -0.15) is 0 Å². The molecule has 2 N–H and O–H groups in total. The van der Waals surface area contributed by atoms with Crippen molar-refractivity contribution < 1.29 is 9.59 Å². The number of hydrogen-bond acceptors (Lipinski definition) is 2. The van der Waals surface area contributed by atoms with Gasteiger partial charge in [0.05, 0.1) is 0 Å². The molecule has 0 aromatic rings. The average molecular weight is 241 g/mol. The molecule has 1 aliphatic rings. The lowest BCUT2D eigenvalue weighted by Crippen LogP contribution is -2.51. The molecular formula is C12H23N3O2. The van der Waals surface area contributed by atoms with E-state index < -0.39 is 5.91 Å². The van der Waals surface area contributed by atoms with Gasteiger partial charge in [-0.3, -0.25) is 4.79 Å². The summed E-state index contributed by atoms with van der Waals surface area (Å²) in [6, 6.07) is -0.0717. The van der Waals surface area contributed by atoms with Crippen LogP contribution >= 0.6 is 0 Å². The van der Waals surface area contributed by atoms with Crippen molar-refractivity contribution in [2.45, 2.75) is 39.7 Å². The Morgan fingerprint density at radius 3 is 2.59 bits per heavy atom. The smallest absolute Gasteiger partial charge is 0.320 e.